The Morgan fingerprint density at radius 1 is 1.75 bits per heavy atom. The highest BCUT2D eigenvalue weighted by Crippen LogP contribution is 2.32. The SMILES string of the molecule is CC=COC(=O)O.O=C1CC2SCC=CN12. The number of hydrogen-bond acceptors (Lipinski definition) is 4. The summed E-state index contributed by atoms with van der Waals surface area (Å²) in [5.74, 6) is 1.33. The standard InChI is InChI=1S/C6H7NOS.C4H6O3/c8-5-4-6-7(5)2-1-3-9-6;1-2-3-7-4(5)6/h1-2,6H,3-4H2;2-3H,1H3,(H,5,6). The Morgan fingerprint density at radius 3 is 2.88 bits per heavy atom. The van der Waals surface area contributed by atoms with Crippen LogP contribution < -0.4 is 0 Å². The number of allylic oxidation sites excluding steroid dienone is 1. The zero-order valence-electron chi connectivity index (χ0n) is 8.83. The molecule has 0 bridgehead atoms. The fraction of sp³-hybridized carbons (Fsp3) is 0.400. The number of carboxylic acid groups (broad SMARTS) is 1. The molecule has 0 aromatic rings. The molecule has 88 valence electrons. The lowest BCUT2D eigenvalue weighted by molar-refractivity contribution is -0.137. The minimum Gasteiger partial charge on any atom is -0.449 e. The predicted octanol–water partition coefficient (Wildman–Crippen LogP) is 2.02. The maximum atomic E-state index is 10.7. The van der Waals surface area contributed by atoms with Crippen LogP contribution in [0.25, 0.3) is 0 Å². The van der Waals surface area contributed by atoms with Gasteiger partial charge in [0.2, 0.25) is 5.91 Å². The van der Waals surface area contributed by atoms with Crippen molar-refractivity contribution in [2.45, 2.75) is 18.7 Å². The van der Waals surface area contributed by atoms with Gasteiger partial charge in [-0.3, -0.25) is 4.79 Å². The van der Waals surface area contributed by atoms with Gasteiger partial charge in [-0.2, -0.15) is 0 Å². The van der Waals surface area contributed by atoms with Gasteiger partial charge in [-0.05, 0) is 6.92 Å². The molecule has 1 atom stereocenters. The fourth-order valence-electron chi connectivity index (χ4n) is 1.17. The van der Waals surface area contributed by atoms with Crippen LogP contribution in [0.2, 0.25) is 0 Å². The molecule has 5 nitrogen and oxygen atoms in total. The van der Waals surface area contributed by atoms with Gasteiger partial charge in [-0.1, -0.05) is 12.2 Å². The second kappa shape index (κ2) is 6.22. The number of ether oxygens (including phenoxy) is 1. The molecule has 0 spiro atoms. The first kappa shape index (κ1) is 12.6. The third-order valence-electron chi connectivity index (χ3n) is 1.90. The number of hydrogen-bond donors (Lipinski definition) is 1. The molecule has 0 radical (unpaired) electrons. The Balaban J connectivity index is 0.000000168. The number of fused-ring (bicyclic) bond motifs is 1. The summed E-state index contributed by atoms with van der Waals surface area (Å²) in [7, 11) is 0. The zero-order chi connectivity index (χ0) is 12.0. The third-order valence-corrected chi connectivity index (χ3v) is 3.07. The molecule has 0 aromatic carbocycles. The van der Waals surface area contributed by atoms with Crippen molar-refractivity contribution in [1.82, 2.24) is 4.90 Å². The average molecular weight is 243 g/mol. The number of nitrogens with zero attached hydrogens (tertiary/aromatic N) is 1. The van der Waals surface area contributed by atoms with E-state index in [1.807, 2.05) is 24.0 Å². The minimum atomic E-state index is -1.28. The third kappa shape index (κ3) is 3.62. The van der Waals surface area contributed by atoms with Gasteiger partial charge in [-0.15, -0.1) is 11.8 Å². The Hall–Kier alpha value is -1.43. The summed E-state index contributed by atoms with van der Waals surface area (Å²) in [5.41, 5.74) is 0. The van der Waals surface area contributed by atoms with Crippen LogP contribution in [-0.2, 0) is 9.53 Å². The summed E-state index contributed by atoms with van der Waals surface area (Å²) in [6, 6.07) is 0. The van der Waals surface area contributed by atoms with E-state index >= 15 is 0 Å². The molecule has 0 saturated carbocycles. The molecule has 1 unspecified atom stereocenters. The Bertz CT molecular complexity index is 327. The molecule has 0 aliphatic carbocycles. The van der Waals surface area contributed by atoms with E-state index in [1.165, 1.54) is 6.08 Å². The highest BCUT2D eigenvalue weighted by Gasteiger charge is 2.35. The van der Waals surface area contributed by atoms with Gasteiger partial charge in [0.15, 0.2) is 0 Å². The van der Waals surface area contributed by atoms with Crippen molar-refractivity contribution in [2.75, 3.05) is 5.75 Å². The second-order valence-electron chi connectivity index (χ2n) is 3.03. The Morgan fingerprint density at radius 2 is 2.50 bits per heavy atom. The molecule has 1 N–H and O–H groups in total. The van der Waals surface area contributed by atoms with Crippen LogP contribution in [-0.4, -0.2) is 33.2 Å². The quantitative estimate of drug-likeness (QED) is 0.433. The first-order valence-electron chi connectivity index (χ1n) is 4.75. The van der Waals surface area contributed by atoms with Crippen LogP contribution >= 0.6 is 11.8 Å². The molecule has 16 heavy (non-hydrogen) atoms. The van der Waals surface area contributed by atoms with Crippen LogP contribution in [0, 0.1) is 0 Å². The molecular formula is C10H13NO4S. The number of amides is 1. The number of carbonyl (C=O) groups excluding carboxylic acids is 1. The van der Waals surface area contributed by atoms with Gasteiger partial charge in [0.05, 0.1) is 18.1 Å². The normalized spacial score (nSPS) is 21.9. The van der Waals surface area contributed by atoms with E-state index in [4.69, 9.17) is 5.11 Å². The molecule has 2 aliphatic rings. The number of rotatable bonds is 1. The van der Waals surface area contributed by atoms with Crippen molar-refractivity contribution in [3.63, 3.8) is 0 Å². The van der Waals surface area contributed by atoms with Crippen molar-refractivity contribution in [1.29, 1.82) is 0 Å². The van der Waals surface area contributed by atoms with Crippen LogP contribution in [0.4, 0.5) is 4.79 Å². The number of thioether (sulfide) groups is 1. The van der Waals surface area contributed by atoms with Crippen molar-refractivity contribution >= 4 is 23.8 Å². The first-order chi connectivity index (χ1) is 7.65. The van der Waals surface area contributed by atoms with Crippen molar-refractivity contribution in [3.05, 3.63) is 24.6 Å². The van der Waals surface area contributed by atoms with Crippen LogP contribution in [0.3, 0.4) is 0 Å². The van der Waals surface area contributed by atoms with Gasteiger partial charge >= 0.3 is 6.16 Å². The molecule has 0 aromatic heterocycles. The van der Waals surface area contributed by atoms with Gasteiger partial charge in [0.1, 0.15) is 0 Å². The lowest BCUT2D eigenvalue weighted by Gasteiger charge is -2.39. The lowest BCUT2D eigenvalue weighted by atomic mass is 10.2. The summed E-state index contributed by atoms with van der Waals surface area (Å²) in [4.78, 5) is 22.0. The monoisotopic (exact) mass is 243 g/mol. The van der Waals surface area contributed by atoms with E-state index in [0.717, 1.165) is 18.4 Å². The van der Waals surface area contributed by atoms with E-state index in [1.54, 1.807) is 11.8 Å². The van der Waals surface area contributed by atoms with Crippen LogP contribution in [0.15, 0.2) is 24.6 Å². The maximum Gasteiger partial charge on any atom is 0.510 e. The fourth-order valence-corrected chi connectivity index (χ4v) is 2.20. The molecule has 6 heteroatoms. The molecule has 2 aliphatic heterocycles. The van der Waals surface area contributed by atoms with E-state index in [-0.39, 0.29) is 5.91 Å². The molecule has 1 amide bonds. The lowest BCUT2D eigenvalue weighted by Crippen LogP contribution is -2.48. The predicted molar refractivity (Wildman–Crippen MR) is 60.8 cm³/mol. The van der Waals surface area contributed by atoms with Gasteiger partial charge in [-0.25, -0.2) is 4.79 Å². The molecule has 1 fully saturated rings. The van der Waals surface area contributed by atoms with E-state index < -0.39 is 6.16 Å². The zero-order valence-corrected chi connectivity index (χ0v) is 9.64. The summed E-state index contributed by atoms with van der Waals surface area (Å²) in [5, 5.41) is 8.25. The first-order valence-corrected chi connectivity index (χ1v) is 5.80. The van der Waals surface area contributed by atoms with Crippen LogP contribution in [0.5, 0.6) is 0 Å². The van der Waals surface area contributed by atoms with Crippen molar-refractivity contribution < 1.29 is 19.4 Å². The molecule has 1 saturated heterocycles. The van der Waals surface area contributed by atoms with Crippen molar-refractivity contribution in [2.24, 2.45) is 0 Å². The highest BCUT2D eigenvalue weighted by atomic mass is 32.2. The maximum absolute atomic E-state index is 10.7. The largest absolute Gasteiger partial charge is 0.510 e. The minimum absolute atomic E-state index is 0.267. The molecule has 2 heterocycles. The average Bonchev–Trinajstić information content (AvgIpc) is 2.26. The van der Waals surface area contributed by atoms with E-state index in [2.05, 4.69) is 4.74 Å². The molecule has 2 rings (SSSR count). The van der Waals surface area contributed by atoms with E-state index in [9.17, 15) is 9.59 Å². The smallest absolute Gasteiger partial charge is 0.449 e. The topological polar surface area (TPSA) is 66.8 Å². The summed E-state index contributed by atoms with van der Waals surface area (Å²) < 4.78 is 3.93. The second-order valence-corrected chi connectivity index (χ2v) is 4.24. The summed E-state index contributed by atoms with van der Waals surface area (Å²) >= 11 is 1.84. The number of carbonyl (C=O) groups is 2. The highest BCUT2D eigenvalue weighted by molar-refractivity contribution is 8.00. The molecular weight excluding hydrogens is 230 g/mol. The van der Waals surface area contributed by atoms with Gasteiger partial charge < -0.3 is 14.7 Å². The Labute approximate surface area is 97.8 Å². The summed E-state index contributed by atoms with van der Waals surface area (Å²) in [6.45, 7) is 1.67. The van der Waals surface area contributed by atoms with Crippen molar-refractivity contribution in [3.8, 4) is 0 Å². The number of β-lactam (4-membered cyclic amide) rings is 1. The van der Waals surface area contributed by atoms with Gasteiger partial charge in [0, 0.05) is 12.0 Å². The van der Waals surface area contributed by atoms with Crippen LogP contribution in [0.1, 0.15) is 13.3 Å². The Kier molecular flexibility index (Phi) is 4.91. The van der Waals surface area contributed by atoms with Gasteiger partial charge in [0.25, 0.3) is 0 Å². The van der Waals surface area contributed by atoms with E-state index in [0.29, 0.717) is 5.37 Å². The summed E-state index contributed by atoms with van der Waals surface area (Å²) in [6.07, 6.45) is 5.98.